The van der Waals surface area contributed by atoms with Crippen molar-refractivity contribution in [2.45, 2.75) is 39.7 Å². The van der Waals surface area contributed by atoms with Crippen molar-refractivity contribution < 1.29 is 4.74 Å². The minimum Gasteiger partial charge on any atom is -0.496 e. The summed E-state index contributed by atoms with van der Waals surface area (Å²) in [6.07, 6.45) is 3.88. The number of ether oxygens (including phenoxy) is 1. The molecule has 0 aliphatic rings. The van der Waals surface area contributed by atoms with E-state index in [1.165, 1.54) is 4.88 Å². The molecule has 1 unspecified atom stereocenters. The fraction of sp³-hybridized carbons (Fsp3) is 0.471. The molecule has 0 bridgehead atoms. The number of thiophene rings is 1. The molecule has 0 aliphatic carbocycles. The van der Waals surface area contributed by atoms with Crippen LogP contribution in [-0.2, 0) is 12.8 Å². The molecule has 0 aliphatic heterocycles. The van der Waals surface area contributed by atoms with Gasteiger partial charge in [0.25, 0.3) is 0 Å². The van der Waals surface area contributed by atoms with Crippen molar-refractivity contribution in [3.8, 4) is 5.75 Å². The molecule has 0 saturated carbocycles. The Bertz CT molecular complexity index is 566. The molecule has 1 N–H and O–H groups in total. The third kappa shape index (κ3) is 4.05. The van der Waals surface area contributed by atoms with Gasteiger partial charge >= 0.3 is 0 Å². The SMILES string of the molecule is CCNC(Cc1cccs1)Cc1ncc(C)c(OC)c1C. The van der Waals surface area contributed by atoms with Crippen LogP contribution in [0.5, 0.6) is 5.75 Å². The molecule has 0 amide bonds. The van der Waals surface area contributed by atoms with Gasteiger partial charge in [0.05, 0.1) is 7.11 Å². The summed E-state index contributed by atoms with van der Waals surface area (Å²) in [7, 11) is 1.73. The zero-order valence-electron chi connectivity index (χ0n) is 13.3. The van der Waals surface area contributed by atoms with Crippen LogP contribution in [0, 0.1) is 13.8 Å². The molecule has 4 heteroatoms. The topological polar surface area (TPSA) is 34.2 Å². The van der Waals surface area contributed by atoms with Gasteiger partial charge in [-0.25, -0.2) is 0 Å². The van der Waals surface area contributed by atoms with E-state index in [0.717, 1.165) is 42.0 Å². The van der Waals surface area contributed by atoms with Crippen molar-refractivity contribution in [3.05, 3.63) is 45.4 Å². The van der Waals surface area contributed by atoms with Gasteiger partial charge in [0.15, 0.2) is 0 Å². The Labute approximate surface area is 131 Å². The van der Waals surface area contributed by atoms with Gasteiger partial charge in [-0.15, -0.1) is 11.3 Å². The standard InChI is InChI=1S/C17H24N2OS/c1-5-18-14(9-15-7-6-8-21-15)10-16-13(3)17(20-4)12(2)11-19-16/h6-8,11,14,18H,5,9-10H2,1-4H3. The van der Waals surface area contributed by atoms with Gasteiger partial charge in [-0.1, -0.05) is 13.0 Å². The maximum absolute atomic E-state index is 5.51. The number of likely N-dealkylation sites (N-methyl/N-ethyl adjacent to an activating group) is 1. The summed E-state index contributed by atoms with van der Waals surface area (Å²) < 4.78 is 5.51. The van der Waals surface area contributed by atoms with Crippen LogP contribution in [0.4, 0.5) is 0 Å². The molecule has 3 nitrogen and oxygen atoms in total. The molecule has 0 fully saturated rings. The molecule has 0 radical (unpaired) electrons. The normalized spacial score (nSPS) is 12.4. The van der Waals surface area contributed by atoms with Crippen molar-refractivity contribution in [2.75, 3.05) is 13.7 Å². The molecule has 114 valence electrons. The molecular formula is C17H24N2OS. The Balaban J connectivity index is 2.16. The lowest BCUT2D eigenvalue weighted by atomic mass is 10.0. The van der Waals surface area contributed by atoms with Gasteiger partial charge in [-0.3, -0.25) is 4.98 Å². The lowest BCUT2D eigenvalue weighted by Crippen LogP contribution is -2.33. The van der Waals surface area contributed by atoms with E-state index in [2.05, 4.69) is 41.7 Å². The van der Waals surface area contributed by atoms with E-state index < -0.39 is 0 Å². The first-order chi connectivity index (χ1) is 10.2. The van der Waals surface area contributed by atoms with Crippen LogP contribution in [-0.4, -0.2) is 24.7 Å². The summed E-state index contributed by atoms with van der Waals surface area (Å²) >= 11 is 1.82. The van der Waals surface area contributed by atoms with E-state index >= 15 is 0 Å². The van der Waals surface area contributed by atoms with E-state index in [4.69, 9.17) is 4.74 Å². The lowest BCUT2D eigenvalue weighted by Gasteiger charge is -2.19. The molecule has 2 heterocycles. The molecular weight excluding hydrogens is 280 g/mol. The van der Waals surface area contributed by atoms with Crippen LogP contribution in [0.3, 0.4) is 0 Å². The summed E-state index contributed by atoms with van der Waals surface area (Å²) in [5, 5.41) is 5.71. The second-order valence-corrected chi connectivity index (χ2v) is 6.32. The molecule has 0 spiro atoms. The highest BCUT2D eigenvalue weighted by atomic mass is 32.1. The number of methoxy groups -OCH3 is 1. The Kier molecular flexibility index (Phi) is 5.76. The predicted molar refractivity (Wildman–Crippen MR) is 89.5 cm³/mol. The first-order valence-electron chi connectivity index (χ1n) is 7.40. The van der Waals surface area contributed by atoms with Crippen molar-refractivity contribution in [2.24, 2.45) is 0 Å². The third-order valence-corrected chi connectivity index (χ3v) is 4.61. The van der Waals surface area contributed by atoms with Crippen LogP contribution >= 0.6 is 11.3 Å². The highest BCUT2D eigenvalue weighted by molar-refractivity contribution is 7.09. The second-order valence-electron chi connectivity index (χ2n) is 5.29. The minimum atomic E-state index is 0.410. The number of rotatable bonds is 7. The van der Waals surface area contributed by atoms with Crippen molar-refractivity contribution in [1.82, 2.24) is 10.3 Å². The number of hydrogen-bond acceptors (Lipinski definition) is 4. The van der Waals surface area contributed by atoms with Gasteiger partial charge in [0.2, 0.25) is 0 Å². The number of nitrogens with zero attached hydrogens (tertiary/aromatic N) is 1. The van der Waals surface area contributed by atoms with Gasteiger partial charge in [-0.05, 0) is 38.3 Å². The minimum absolute atomic E-state index is 0.410. The monoisotopic (exact) mass is 304 g/mol. The number of aromatic nitrogens is 1. The first-order valence-corrected chi connectivity index (χ1v) is 8.28. The fourth-order valence-corrected chi connectivity index (χ4v) is 3.47. The highest BCUT2D eigenvalue weighted by Gasteiger charge is 2.15. The van der Waals surface area contributed by atoms with Crippen LogP contribution in [0.2, 0.25) is 0 Å². The average Bonchev–Trinajstić information content (AvgIpc) is 2.96. The van der Waals surface area contributed by atoms with Crippen molar-refractivity contribution in [3.63, 3.8) is 0 Å². The number of pyridine rings is 1. The summed E-state index contributed by atoms with van der Waals surface area (Å²) in [5.74, 6) is 0.964. The smallest absolute Gasteiger partial charge is 0.128 e. The summed E-state index contributed by atoms with van der Waals surface area (Å²) in [6, 6.07) is 4.72. The molecule has 21 heavy (non-hydrogen) atoms. The molecule has 0 saturated heterocycles. The predicted octanol–water partition coefficient (Wildman–Crippen LogP) is 3.53. The van der Waals surface area contributed by atoms with Gasteiger partial charge < -0.3 is 10.1 Å². The van der Waals surface area contributed by atoms with Crippen LogP contribution in [0.25, 0.3) is 0 Å². The van der Waals surface area contributed by atoms with E-state index in [9.17, 15) is 0 Å². The summed E-state index contributed by atoms with van der Waals surface area (Å²) in [5.41, 5.74) is 3.38. The molecule has 2 aromatic heterocycles. The Morgan fingerprint density at radius 3 is 2.76 bits per heavy atom. The zero-order valence-corrected chi connectivity index (χ0v) is 14.1. The molecule has 1 atom stereocenters. The van der Waals surface area contributed by atoms with Crippen LogP contribution in [0.15, 0.2) is 23.7 Å². The number of hydrogen-bond donors (Lipinski definition) is 1. The van der Waals surface area contributed by atoms with E-state index in [0.29, 0.717) is 6.04 Å². The van der Waals surface area contributed by atoms with E-state index in [1.54, 1.807) is 7.11 Å². The number of nitrogens with one attached hydrogen (secondary N) is 1. The van der Waals surface area contributed by atoms with E-state index in [1.807, 2.05) is 24.5 Å². The Hall–Kier alpha value is -1.39. The maximum Gasteiger partial charge on any atom is 0.128 e. The number of aryl methyl sites for hydroxylation is 1. The quantitative estimate of drug-likeness (QED) is 0.849. The summed E-state index contributed by atoms with van der Waals surface area (Å²) in [6.45, 7) is 7.26. The second kappa shape index (κ2) is 7.57. The Morgan fingerprint density at radius 2 is 2.14 bits per heavy atom. The molecule has 2 aromatic rings. The Morgan fingerprint density at radius 1 is 1.33 bits per heavy atom. The van der Waals surface area contributed by atoms with Gasteiger partial charge in [-0.2, -0.15) is 0 Å². The van der Waals surface area contributed by atoms with Crippen molar-refractivity contribution in [1.29, 1.82) is 0 Å². The first kappa shape index (κ1) is 16.0. The zero-order chi connectivity index (χ0) is 15.2. The lowest BCUT2D eigenvalue weighted by molar-refractivity contribution is 0.406. The maximum atomic E-state index is 5.51. The third-order valence-electron chi connectivity index (χ3n) is 3.71. The van der Waals surface area contributed by atoms with Gasteiger partial charge in [0.1, 0.15) is 5.75 Å². The fourth-order valence-electron chi connectivity index (χ4n) is 2.69. The molecule has 0 aromatic carbocycles. The van der Waals surface area contributed by atoms with Crippen molar-refractivity contribution >= 4 is 11.3 Å². The largest absolute Gasteiger partial charge is 0.496 e. The van der Waals surface area contributed by atoms with Crippen LogP contribution < -0.4 is 10.1 Å². The van der Waals surface area contributed by atoms with Gasteiger partial charge in [0, 0.05) is 40.4 Å². The average molecular weight is 304 g/mol. The summed E-state index contributed by atoms with van der Waals surface area (Å²) in [4.78, 5) is 6.04. The van der Waals surface area contributed by atoms with Crippen LogP contribution in [0.1, 0.15) is 28.6 Å². The highest BCUT2D eigenvalue weighted by Crippen LogP contribution is 2.25. The molecule has 2 rings (SSSR count). The van der Waals surface area contributed by atoms with E-state index in [-0.39, 0.29) is 0 Å².